The summed E-state index contributed by atoms with van der Waals surface area (Å²) in [5, 5.41) is 3.10. The van der Waals surface area contributed by atoms with E-state index in [1.807, 2.05) is 0 Å². The van der Waals surface area contributed by atoms with Crippen LogP contribution in [0.4, 0.5) is 13.2 Å². The van der Waals surface area contributed by atoms with Gasteiger partial charge in [0.25, 0.3) is 0 Å². The van der Waals surface area contributed by atoms with Gasteiger partial charge in [0.05, 0.1) is 0 Å². The SMILES string of the molecule is FC(F)(F)Cc1nc(=S)c2c([nH]1)CCNC2. The predicted molar refractivity (Wildman–Crippen MR) is 54.6 cm³/mol. The number of rotatable bonds is 1. The van der Waals surface area contributed by atoms with Gasteiger partial charge in [0.15, 0.2) is 0 Å². The first-order valence-electron chi connectivity index (χ1n) is 4.84. The van der Waals surface area contributed by atoms with Crippen LogP contribution in [0.1, 0.15) is 17.1 Å². The Morgan fingerprint density at radius 1 is 1.38 bits per heavy atom. The molecule has 2 heterocycles. The largest absolute Gasteiger partial charge is 0.396 e. The Kier molecular flexibility index (Phi) is 2.98. The monoisotopic (exact) mass is 249 g/mol. The Morgan fingerprint density at radius 2 is 2.12 bits per heavy atom. The molecule has 0 fully saturated rings. The lowest BCUT2D eigenvalue weighted by atomic mass is 10.1. The van der Waals surface area contributed by atoms with Crippen LogP contribution in [0.2, 0.25) is 0 Å². The van der Waals surface area contributed by atoms with Gasteiger partial charge in [-0.15, -0.1) is 0 Å². The van der Waals surface area contributed by atoms with Crippen molar-refractivity contribution in [3.8, 4) is 0 Å². The zero-order valence-corrected chi connectivity index (χ0v) is 9.13. The van der Waals surface area contributed by atoms with Gasteiger partial charge in [0.1, 0.15) is 16.9 Å². The molecule has 1 aromatic rings. The van der Waals surface area contributed by atoms with E-state index >= 15 is 0 Å². The zero-order chi connectivity index (χ0) is 11.8. The summed E-state index contributed by atoms with van der Waals surface area (Å²) in [6, 6.07) is 0. The Balaban J connectivity index is 2.36. The highest BCUT2D eigenvalue weighted by Crippen LogP contribution is 2.20. The Bertz CT molecular complexity index is 452. The first-order chi connectivity index (χ1) is 7.46. The second-order valence-corrected chi connectivity index (χ2v) is 4.05. The molecular weight excluding hydrogens is 239 g/mol. The topological polar surface area (TPSA) is 40.7 Å². The molecule has 2 rings (SSSR count). The highest BCUT2D eigenvalue weighted by Gasteiger charge is 2.29. The van der Waals surface area contributed by atoms with Crippen LogP contribution in [0.15, 0.2) is 0 Å². The second kappa shape index (κ2) is 4.14. The summed E-state index contributed by atoms with van der Waals surface area (Å²) < 4.78 is 36.9. The van der Waals surface area contributed by atoms with Gasteiger partial charge in [-0.25, -0.2) is 4.98 Å². The van der Waals surface area contributed by atoms with E-state index in [1.165, 1.54) is 0 Å². The maximum Gasteiger partial charge on any atom is 0.396 e. The number of halogens is 3. The number of alkyl halides is 3. The smallest absolute Gasteiger partial charge is 0.346 e. The molecule has 0 aromatic carbocycles. The fourth-order valence-electron chi connectivity index (χ4n) is 1.69. The number of nitrogens with one attached hydrogen (secondary N) is 2. The van der Waals surface area contributed by atoms with Gasteiger partial charge >= 0.3 is 6.18 Å². The normalized spacial score (nSPS) is 15.9. The third kappa shape index (κ3) is 2.59. The number of H-pyrrole nitrogens is 1. The van der Waals surface area contributed by atoms with Crippen LogP contribution in [0.3, 0.4) is 0 Å². The summed E-state index contributed by atoms with van der Waals surface area (Å²) in [5.41, 5.74) is 1.59. The lowest BCUT2D eigenvalue weighted by Gasteiger charge is -2.18. The molecule has 0 saturated heterocycles. The minimum Gasteiger partial charge on any atom is -0.346 e. The molecule has 0 saturated carbocycles. The number of nitrogens with zero attached hydrogens (tertiary/aromatic N) is 1. The van der Waals surface area contributed by atoms with Crippen molar-refractivity contribution in [1.82, 2.24) is 15.3 Å². The fraction of sp³-hybridized carbons (Fsp3) is 0.556. The predicted octanol–water partition coefficient (Wildman–Crippen LogP) is 1.89. The van der Waals surface area contributed by atoms with Crippen molar-refractivity contribution in [3.63, 3.8) is 0 Å². The quantitative estimate of drug-likeness (QED) is 0.747. The van der Waals surface area contributed by atoms with E-state index in [-0.39, 0.29) is 10.5 Å². The number of hydrogen-bond donors (Lipinski definition) is 2. The van der Waals surface area contributed by atoms with Crippen LogP contribution in [0, 0.1) is 4.64 Å². The van der Waals surface area contributed by atoms with Gasteiger partial charge in [0, 0.05) is 30.8 Å². The third-order valence-corrected chi connectivity index (χ3v) is 2.71. The van der Waals surface area contributed by atoms with E-state index in [0.29, 0.717) is 13.0 Å². The zero-order valence-electron chi connectivity index (χ0n) is 8.32. The Labute approximate surface area is 95.1 Å². The molecular formula is C9H10F3N3S. The fourth-order valence-corrected chi connectivity index (χ4v) is 2.00. The molecule has 1 aliphatic rings. The van der Waals surface area contributed by atoms with Crippen molar-refractivity contribution in [3.05, 3.63) is 21.7 Å². The molecule has 0 spiro atoms. The van der Waals surface area contributed by atoms with Crippen LogP contribution >= 0.6 is 12.2 Å². The lowest BCUT2D eigenvalue weighted by Crippen LogP contribution is -2.26. The molecule has 3 nitrogen and oxygen atoms in total. The number of aromatic nitrogens is 2. The minimum atomic E-state index is -4.26. The van der Waals surface area contributed by atoms with Gasteiger partial charge < -0.3 is 10.3 Å². The summed E-state index contributed by atoms with van der Waals surface area (Å²) in [6.07, 6.45) is -4.66. The summed E-state index contributed by atoms with van der Waals surface area (Å²) >= 11 is 4.98. The maximum absolute atomic E-state index is 12.2. The van der Waals surface area contributed by atoms with Crippen LogP contribution in [-0.2, 0) is 19.4 Å². The highest BCUT2D eigenvalue weighted by atomic mass is 32.1. The van der Waals surface area contributed by atoms with Crippen molar-refractivity contribution in [2.24, 2.45) is 0 Å². The molecule has 16 heavy (non-hydrogen) atoms. The van der Waals surface area contributed by atoms with Gasteiger partial charge in [-0.1, -0.05) is 12.2 Å². The van der Waals surface area contributed by atoms with Crippen molar-refractivity contribution in [1.29, 1.82) is 0 Å². The van der Waals surface area contributed by atoms with Gasteiger partial charge in [-0.05, 0) is 0 Å². The summed E-state index contributed by atoms with van der Waals surface area (Å²) in [6.45, 7) is 1.32. The number of hydrogen-bond acceptors (Lipinski definition) is 3. The summed E-state index contributed by atoms with van der Waals surface area (Å²) in [7, 11) is 0. The highest BCUT2D eigenvalue weighted by molar-refractivity contribution is 7.71. The molecule has 0 amide bonds. The maximum atomic E-state index is 12.2. The van der Waals surface area contributed by atoms with Crippen LogP contribution in [0.25, 0.3) is 0 Å². The van der Waals surface area contributed by atoms with Gasteiger partial charge in [0.2, 0.25) is 0 Å². The number of aromatic amines is 1. The van der Waals surface area contributed by atoms with Crippen molar-refractivity contribution in [2.45, 2.75) is 25.6 Å². The number of fused-ring (bicyclic) bond motifs is 1. The van der Waals surface area contributed by atoms with Crippen LogP contribution in [-0.4, -0.2) is 22.7 Å². The van der Waals surface area contributed by atoms with Crippen LogP contribution in [0.5, 0.6) is 0 Å². The Hall–Kier alpha value is -0.950. The molecule has 0 radical (unpaired) electrons. The molecule has 1 aliphatic heterocycles. The summed E-state index contributed by atoms with van der Waals surface area (Å²) in [5.74, 6) is -0.0989. The van der Waals surface area contributed by atoms with E-state index in [0.717, 1.165) is 17.8 Å². The first kappa shape index (κ1) is 11.5. The van der Waals surface area contributed by atoms with Crippen molar-refractivity contribution < 1.29 is 13.2 Å². The van der Waals surface area contributed by atoms with Gasteiger partial charge in [-0.3, -0.25) is 0 Å². The summed E-state index contributed by atoms with van der Waals surface area (Å²) in [4.78, 5) is 6.50. The molecule has 0 unspecified atom stereocenters. The Morgan fingerprint density at radius 3 is 2.81 bits per heavy atom. The van der Waals surface area contributed by atoms with Crippen LogP contribution < -0.4 is 5.32 Å². The van der Waals surface area contributed by atoms with Gasteiger partial charge in [-0.2, -0.15) is 13.2 Å². The molecule has 88 valence electrons. The van der Waals surface area contributed by atoms with E-state index in [9.17, 15) is 13.2 Å². The molecule has 0 aliphatic carbocycles. The van der Waals surface area contributed by atoms with E-state index in [1.54, 1.807) is 0 Å². The molecule has 7 heteroatoms. The van der Waals surface area contributed by atoms with Crippen molar-refractivity contribution in [2.75, 3.05) is 6.54 Å². The average molecular weight is 249 g/mol. The first-order valence-corrected chi connectivity index (χ1v) is 5.25. The second-order valence-electron chi connectivity index (χ2n) is 3.66. The van der Waals surface area contributed by atoms with E-state index in [2.05, 4.69) is 15.3 Å². The average Bonchev–Trinajstić information content (AvgIpc) is 2.15. The molecule has 2 N–H and O–H groups in total. The van der Waals surface area contributed by atoms with E-state index < -0.39 is 12.6 Å². The molecule has 0 bridgehead atoms. The molecule has 0 atom stereocenters. The van der Waals surface area contributed by atoms with Crippen molar-refractivity contribution >= 4 is 12.2 Å². The standard InChI is InChI=1S/C9H10F3N3S/c10-9(11,12)3-7-14-6-1-2-13-4-5(6)8(16)15-7/h13H,1-4H2,(H,14,15,16). The molecule has 1 aromatic heterocycles. The van der Waals surface area contributed by atoms with E-state index in [4.69, 9.17) is 12.2 Å². The minimum absolute atomic E-state index is 0.0989. The third-order valence-electron chi connectivity index (χ3n) is 2.38. The lowest BCUT2D eigenvalue weighted by molar-refractivity contribution is -0.128.